The van der Waals surface area contributed by atoms with Crippen molar-refractivity contribution in [1.82, 2.24) is 0 Å². The molecule has 0 spiro atoms. The maximum Gasteiger partial charge on any atom is 0.157 e. The first-order valence-corrected chi connectivity index (χ1v) is 9.35. The predicted octanol–water partition coefficient (Wildman–Crippen LogP) is 5.44. The quantitative estimate of drug-likeness (QED) is 0.330. The van der Waals surface area contributed by atoms with Gasteiger partial charge in [-0.05, 0) is 19.3 Å². The van der Waals surface area contributed by atoms with Crippen LogP contribution in [0.2, 0.25) is 0 Å². The van der Waals surface area contributed by atoms with Gasteiger partial charge in [-0.25, -0.2) is 0 Å². The van der Waals surface area contributed by atoms with Crippen LogP contribution in [0, 0.1) is 0 Å². The molecule has 0 bridgehead atoms. The van der Waals surface area contributed by atoms with Crippen molar-refractivity contribution < 1.29 is 9.47 Å². The molecule has 1 atom stereocenters. The van der Waals surface area contributed by atoms with E-state index in [-0.39, 0.29) is 6.29 Å². The van der Waals surface area contributed by atoms with Crippen LogP contribution in [0.4, 0.5) is 0 Å². The fourth-order valence-corrected chi connectivity index (χ4v) is 2.90. The molecule has 1 fully saturated rings. The van der Waals surface area contributed by atoms with Gasteiger partial charge in [-0.15, -0.1) is 0 Å². The first-order valence-electron chi connectivity index (χ1n) is 8.22. The average molecular weight is 335 g/mol. The smallest absolute Gasteiger partial charge is 0.157 e. The summed E-state index contributed by atoms with van der Waals surface area (Å²) in [6.07, 6.45) is 16.1. The molecule has 1 aliphatic rings. The van der Waals surface area contributed by atoms with E-state index in [0.29, 0.717) is 0 Å². The van der Waals surface area contributed by atoms with Crippen LogP contribution in [-0.2, 0) is 9.47 Å². The second kappa shape index (κ2) is 13.4. The van der Waals surface area contributed by atoms with Crippen molar-refractivity contribution in [2.75, 3.05) is 18.5 Å². The molecule has 0 aliphatic carbocycles. The lowest BCUT2D eigenvalue weighted by atomic mass is 10.1. The van der Waals surface area contributed by atoms with E-state index in [4.69, 9.17) is 9.47 Å². The summed E-state index contributed by atoms with van der Waals surface area (Å²) in [4.78, 5) is 0. The monoisotopic (exact) mass is 334 g/mol. The lowest BCUT2D eigenvalue weighted by Gasteiger charge is -2.10. The SMILES string of the molecule is BrCCCCCCCCCCCCOC1CCCO1. The fourth-order valence-electron chi connectivity index (χ4n) is 2.51. The largest absolute Gasteiger partial charge is 0.353 e. The number of unbranched alkanes of at least 4 members (excludes halogenated alkanes) is 9. The number of rotatable bonds is 13. The summed E-state index contributed by atoms with van der Waals surface area (Å²) >= 11 is 3.48. The van der Waals surface area contributed by atoms with Crippen molar-refractivity contribution in [3.63, 3.8) is 0 Å². The van der Waals surface area contributed by atoms with Crippen LogP contribution in [0.15, 0.2) is 0 Å². The van der Waals surface area contributed by atoms with Crippen LogP contribution < -0.4 is 0 Å². The molecule has 0 aromatic carbocycles. The third-order valence-corrected chi connectivity index (χ3v) is 4.28. The van der Waals surface area contributed by atoms with Gasteiger partial charge in [-0.3, -0.25) is 0 Å². The van der Waals surface area contributed by atoms with Crippen LogP contribution in [0.25, 0.3) is 0 Å². The maximum absolute atomic E-state index is 5.66. The first kappa shape index (κ1) is 17.5. The summed E-state index contributed by atoms with van der Waals surface area (Å²) < 4.78 is 11.1. The van der Waals surface area contributed by atoms with E-state index >= 15 is 0 Å². The van der Waals surface area contributed by atoms with Gasteiger partial charge in [0.05, 0.1) is 0 Å². The Kier molecular flexibility index (Phi) is 12.3. The molecule has 0 amide bonds. The lowest BCUT2D eigenvalue weighted by Crippen LogP contribution is -2.11. The van der Waals surface area contributed by atoms with Gasteiger partial charge in [-0.1, -0.05) is 67.3 Å². The van der Waals surface area contributed by atoms with Crippen molar-refractivity contribution >= 4 is 15.9 Å². The summed E-state index contributed by atoms with van der Waals surface area (Å²) in [5.41, 5.74) is 0. The van der Waals surface area contributed by atoms with E-state index in [2.05, 4.69) is 15.9 Å². The molecule has 0 aromatic heterocycles. The Morgan fingerprint density at radius 2 is 1.42 bits per heavy atom. The number of ether oxygens (including phenoxy) is 2. The molecule has 3 heteroatoms. The lowest BCUT2D eigenvalue weighted by molar-refractivity contribution is -0.111. The van der Waals surface area contributed by atoms with E-state index < -0.39 is 0 Å². The van der Waals surface area contributed by atoms with Gasteiger partial charge in [0.1, 0.15) is 0 Å². The van der Waals surface area contributed by atoms with Gasteiger partial charge in [0.15, 0.2) is 6.29 Å². The van der Waals surface area contributed by atoms with Crippen molar-refractivity contribution in [3.8, 4) is 0 Å². The van der Waals surface area contributed by atoms with Gasteiger partial charge in [0.2, 0.25) is 0 Å². The molecule has 0 aromatic rings. The third-order valence-electron chi connectivity index (χ3n) is 3.72. The molecule has 114 valence electrons. The van der Waals surface area contributed by atoms with Crippen molar-refractivity contribution in [3.05, 3.63) is 0 Å². The minimum atomic E-state index is 0.111. The van der Waals surface area contributed by atoms with Gasteiger partial charge in [-0.2, -0.15) is 0 Å². The molecular weight excluding hydrogens is 304 g/mol. The van der Waals surface area contributed by atoms with Crippen molar-refractivity contribution in [2.24, 2.45) is 0 Å². The molecule has 0 saturated carbocycles. The van der Waals surface area contributed by atoms with Crippen LogP contribution in [-0.4, -0.2) is 24.8 Å². The normalized spacial score (nSPS) is 19.1. The van der Waals surface area contributed by atoms with E-state index in [1.54, 1.807) is 0 Å². The van der Waals surface area contributed by atoms with Gasteiger partial charge in [0, 0.05) is 25.0 Å². The second-order valence-corrected chi connectivity index (χ2v) is 6.33. The molecular formula is C16H31BrO2. The third kappa shape index (κ3) is 10.8. The Bertz CT molecular complexity index is 182. The number of alkyl halides is 1. The minimum absolute atomic E-state index is 0.111. The molecule has 0 N–H and O–H groups in total. The average Bonchev–Trinajstić information content (AvgIpc) is 2.93. The Morgan fingerprint density at radius 3 is 1.95 bits per heavy atom. The number of halogens is 1. The highest BCUT2D eigenvalue weighted by Gasteiger charge is 2.14. The molecule has 1 saturated heterocycles. The van der Waals surface area contributed by atoms with Gasteiger partial charge in [0.25, 0.3) is 0 Å². The van der Waals surface area contributed by atoms with Crippen LogP contribution in [0.5, 0.6) is 0 Å². The number of hydrogen-bond donors (Lipinski definition) is 0. The van der Waals surface area contributed by atoms with E-state index in [1.807, 2.05) is 0 Å². The van der Waals surface area contributed by atoms with Gasteiger partial charge < -0.3 is 9.47 Å². The molecule has 1 unspecified atom stereocenters. The van der Waals surface area contributed by atoms with Crippen molar-refractivity contribution in [1.29, 1.82) is 0 Å². The van der Waals surface area contributed by atoms with Gasteiger partial charge >= 0.3 is 0 Å². The van der Waals surface area contributed by atoms with E-state index in [1.165, 1.54) is 76.0 Å². The summed E-state index contributed by atoms with van der Waals surface area (Å²) in [6.45, 7) is 1.78. The summed E-state index contributed by atoms with van der Waals surface area (Å²) in [7, 11) is 0. The molecule has 0 radical (unpaired) electrons. The molecule has 2 nitrogen and oxygen atoms in total. The van der Waals surface area contributed by atoms with Crippen LogP contribution >= 0.6 is 15.9 Å². The van der Waals surface area contributed by atoms with Crippen LogP contribution in [0.3, 0.4) is 0 Å². The highest BCUT2D eigenvalue weighted by Crippen LogP contribution is 2.14. The standard InChI is InChI=1S/C16H31BrO2/c17-13-9-7-5-3-1-2-4-6-8-10-14-18-16-12-11-15-19-16/h16H,1-15H2. The Hall–Kier alpha value is 0.400. The van der Waals surface area contributed by atoms with E-state index in [9.17, 15) is 0 Å². The zero-order valence-electron chi connectivity index (χ0n) is 12.4. The maximum atomic E-state index is 5.66. The highest BCUT2D eigenvalue weighted by molar-refractivity contribution is 9.09. The molecule has 1 rings (SSSR count). The summed E-state index contributed by atoms with van der Waals surface area (Å²) in [5, 5.41) is 1.17. The molecule has 19 heavy (non-hydrogen) atoms. The molecule has 1 aliphatic heterocycles. The summed E-state index contributed by atoms with van der Waals surface area (Å²) in [5.74, 6) is 0. The molecule has 1 heterocycles. The zero-order valence-corrected chi connectivity index (χ0v) is 14.0. The topological polar surface area (TPSA) is 18.5 Å². The van der Waals surface area contributed by atoms with E-state index in [0.717, 1.165) is 19.6 Å². The second-order valence-electron chi connectivity index (χ2n) is 5.54. The Morgan fingerprint density at radius 1 is 0.842 bits per heavy atom. The Labute approximate surface area is 127 Å². The van der Waals surface area contributed by atoms with Crippen molar-refractivity contribution in [2.45, 2.75) is 83.3 Å². The number of hydrogen-bond acceptors (Lipinski definition) is 2. The Balaban J connectivity index is 1.67. The highest BCUT2D eigenvalue weighted by atomic mass is 79.9. The van der Waals surface area contributed by atoms with Crippen LogP contribution in [0.1, 0.15) is 77.0 Å². The zero-order chi connectivity index (χ0) is 13.6. The predicted molar refractivity (Wildman–Crippen MR) is 84.9 cm³/mol. The minimum Gasteiger partial charge on any atom is -0.353 e. The summed E-state index contributed by atoms with van der Waals surface area (Å²) in [6, 6.07) is 0. The first-order chi connectivity index (χ1) is 9.43. The fraction of sp³-hybridized carbons (Fsp3) is 1.00.